The molecule has 0 bridgehead atoms. The second-order valence-electron chi connectivity index (χ2n) is 6.36. The fourth-order valence-electron chi connectivity index (χ4n) is 3.38. The molecule has 1 fully saturated rings. The molecule has 0 radical (unpaired) electrons. The SMILES string of the molecule is NC(=O)C1CCCCC1NCc1ccc(-n2ccccc2=O)cc1. The molecule has 5 nitrogen and oxygen atoms in total. The van der Waals surface area contributed by atoms with E-state index in [2.05, 4.69) is 5.32 Å². The van der Waals surface area contributed by atoms with Gasteiger partial charge in [0.05, 0.1) is 5.92 Å². The zero-order chi connectivity index (χ0) is 16.9. The predicted molar refractivity (Wildman–Crippen MR) is 93.8 cm³/mol. The summed E-state index contributed by atoms with van der Waals surface area (Å²) in [5.74, 6) is -0.271. The van der Waals surface area contributed by atoms with E-state index in [4.69, 9.17) is 5.73 Å². The van der Waals surface area contributed by atoms with Gasteiger partial charge in [0.15, 0.2) is 0 Å². The fourth-order valence-corrected chi connectivity index (χ4v) is 3.38. The van der Waals surface area contributed by atoms with E-state index in [9.17, 15) is 9.59 Å². The van der Waals surface area contributed by atoms with Gasteiger partial charge in [0, 0.05) is 30.5 Å². The molecule has 2 unspecified atom stereocenters. The minimum atomic E-state index is -0.203. The molecule has 0 aliphatic heterocycles. The molecule has 1 aliphatic rings. The van der Waals surface area contributed by atoms with E-state index in [0.29, 0.717) is 6.54 Å². The van der Waals surface area contributed by atoms with Crippen LogP contribution in [0.5, 0.6) is 0 Å². The Bertz CT molecular complexity index is 752. The summed E-state index contributed by atoms with van der Waals surface area (Å²) < 4.78 is 1.61. The highest BCUT2D eigenvalue weighted by molar-refractivity contribution is 5.77. The number of carbonyl (C=O) groups excluding carboxylic acids is 1. The molecule has 1 saturated carbocycles. The fraction of sp³-hybridized carbons (Fsp3) is 0.368. The van der Waals surface area contributed by atoms with Gasteiger partial charge in [-0.25, -0.2) is 0 Å². The third kappa shape index (κ3) is 3.74. The first kappa shape index (κ1) is 16.5. The number of nitrogens with two attached hydrogens (primary N) is 1. The molecular weight excluding hydrogens is 302 g/mol. The average Bonchev–Trinajstić information content (AvgIpc) is 2.61. The maximum absolute atomic E-state index is 11.8. The van der Waals surface area contributed by atoms with Crippen LogP contribution in [0.4, 0.5) is 0 Å². The molecule has 2 atom stereocenters. The largest absolute Gasteiger partial charge is 0.369 e. The molecule has 5 heteroatoms. The van der Waals surface area contributed by atoms with Crippen molar-refractivity contribution in [1.29, 1.82) is 0 Å². The summed E-state index contributed by atoms with van der Waals surface area (Å²) in [6.45, 7) is 0.693. The molecule has 2 aromatic rings. The summed E-state index contributed by atoms with van der Waals surface area (Å²) in [6, 6.07) is 13.2. The zero-order valence-electron chi connectivity index (χ0n) is 13.7. The number of amides is 1. The van der Waals surface area contributed by atoms with Crippen molar-refractivity contribution in [3.05, 3.63) is 64.6 Å². The lowest BCUT2D eigenvalue weighted by Gasteiger charge is -2.30. The van der Waals surface area contributed by atoms with Gasteiger partial charge in [0.2, 0.25) is 5.91 Å². The number of hydrogen-bond donors (Lipinski definition) is 2. The second kappa shape index (κ2) is 7.45. The Morgan fingerprint density at radius 2 is 1.88 bits per heavy atom. The number of hydrogen-bond acceptors (Lipinski definition) is 3. The smallest absolute Gasteiger partial charge is 0.255 e. The van der Waals surface area contributed by atoms with Crippen molar-refractivity contribution in [2.24, 2.45) is 11.7 Å². The third-order valence-electron chi connectivity index (χ3n) is 4.74. The van der Waals surface area contributed by atoms with E-state index >= 15 is 0 Å². The van der Waals surface area contributed by atoms with Gasteiger partial charge >= 0.3 is 0 Å². The van der Waals surface area contributed by atoms with Crippen molar-refractivity contribution in [2.45, 2.75) is 38.3 Å². The molecule has 3 N–H and O–H groups in total. The Morgan fingerprint density at radius 1 is 1.12 bits per heavy atom. The van der Waals surface area contributed by atoms with Gasteiger partial charge < -0.3 is 11.1 Å². The lowest BCUT2D eigenvalue weighted by Crippen LogP contribution is -2.44. The van der Waals surface area contributed by atoms with E-state index in [0.717, 1.165) is 36.9 Å². The van der Waals surface area contributed by atoms with Crippen LogP contribution >= 0.6 is 0 Å². The van der Waals surface area contributed by atoms with Crippen LogP contribution in [0, 0.1) is 5.92 Å². The van der Waals surface area contributed by atoms with Gasteiger partial charge in [-0.05, 0) is 36.6 Å². The number of rotatable bonds is 5. The maximum atomic E-state index is 11.8. The van der Waals surface area contributed by atoms with Crippen molar-refractivity contribution < 1.29 is 4.79 Å². The lowest BCUT2D eigenvalue weighted by molar-refractivity contribution is -0.123. The molecule has 1 aromatic carbocycles. The lowest BCUT2D eigenvalue weighted by atomic mass is 9.84. The normalized spacial score (nSPS) is 20.7. The molecule has 1 amide bonds. The number of pyridine rings is 1. The van der Waals surface area contributed by atoms with E-state index in [-0.39, 0.29) is 23.4 Å². The quantitative estimate of drug-likeness (QED) is 0.882. The van der Waals surface area contributed by atoms with E-state index in [1.165, 1.54) is 0 Å². The van der Waals surface area contributed by atoms with E-state index < -0.39 is 0 Å². The molecular formula is C19H23N3O2. The number of nitrogens with zero attached hydrogens (tertiary/aromatic N) is 1. The van der Waals surface area contributed by atoms with Crippen LogP contribution in [0.3, 0.4) is 0 Å². The van der Waals surface area contributed by atoms with Crippen LogP contribution in [0.15, 0.2) is 53.5 Å². The van der Waals surface area contributed by atoms with Crippen molar-refractivity contribution in [1.82, 2.24) is 9.88 Å². The molecule has 1 aromatic heterocycles. The van der Waals surface area contributed by atoms with Gasteiger partial charge in [-0.3, -0.25) is 14.2 Å². The number of carbonyl (C=O) groups is 1. The van der Waals surface area contributed by atoms with E-state index in [1.54, 1.807) is 22.9 Å². The molecule has 24 heavy (non-hydrogen) atoms. The minimum absolute atomic E-state index is 0.0464. The summed E-state index contributed by atoms with van der Waals surface area (Å²) in [6.07, 6.45) is 5.84. The summed E-state index contributed by atoms with van der Waals surface area (Å²) >= 11 is 0. The van der Waals surface area contributed by atoms with Gasteiger partial charge in [0.25, 0.3) is 5.56 Å². The third-order valence-corrected chi connectivity index (χ3v) is 4.74. The molecule has 1 heterocycles. The van der Waals surface area contributed by atoms with Crippen molar-refractivity contribution in [3.8, 4) is 5.69 Å². The standard InChI is InChI=1S/C19H23N3O2/c20-19(24)16-5-1-2-6-17(16)21-13-14-8-10-15(11-9-14)22-12-4-3-7-18(22)23/h3-4,7-12,16-17,21H,1-2,5-6,13H2,(H2,20,24). The summed E-state index contributed by atoms with van der Waals surface area (Å²) in [4.78, 5) is 23.4. The van der Waals surface area contributed by atoms with Crippen LogP contribution in [0.2, 0.25) is 0 Å². The Hall–Kier alpha value is -2.40. The first-order chi connectivity index (χ1) is 11.6. The van der Waals surface area contributed by atoms with Gasteiger partial charge in [-0.15, -0.1) is 0 Å². The number of aromatic nitrogens is 1. The summed E-state index contributed by atoms with van der Waals surface area (Å²) in [5, 5.41) is 3.47. The van der Waals surface area contributed by atoms with E-state index in [1.807, 2.05) is 30.3 Å². The monoisotopic (exact) mass is 325 g/mol. The number of primary amides is 1. The summed E-state index contributed by atoms with van der Waals surface area (Å²) in [7, 11) is 0. The van der Waals surface area contributed by atoms with Crippen LogP contribution < -0.4 is 16.6 Å². The van der Waals surface area contributed by atoms with Gasteiger partial charge in [-0.2, -0.15) is 0 Å². The van der Waals surface area contributed by atoms with Crippen molar-refractivity contribution >= 4 is 5.91 Å². The van der Waals surface area contributed by atoms with Crippen molar-refractivity contribution in [3.63, 3.8) is 0 Å². The Morgan fingerprint density at radius 3 is 2.58 bits per heavy atom. The second-order valence-corrected chi connectivity index (χ2v) is 6.36. The van der Waals surface area contributed by atoms with Crippen LogP contribution in [-0.2, 0) is 11.3 Å². The molecule has 3 rings (SSSR count). The number of benzene rings is 1. The molecule has 126 valence electrons. The average molecular weight is 325 g/mol. The Labute approximate surface area is 141 Å². The molecule has 0 saturated heterocycles. The van der Waals surface area contributed by atoms with Crippen LogP contribution in [0.1, 0.15) is 31.2 Å². The summed E-state index contributed by atoms with van der Waals surface area (Å²) in [5.41, 5.74) is 7.43. The zero-order valence-corrected chi connectivity index (χ0v) is 13.7. The first-order valence-electron chi connectivity index (χ1n) is 8.45. The predicted octanol–water partition coefficient (Wildman–Crippen LogP) is 1.97. The first-order valence-corrected chi connectivity index (χ1v) is 8.45. The topological polar surface area (TPSA) is 77.1 Å². The van der Waals surface area contributed by atoms with Gasteiger partial charge in [0.1, 0.15) is 0 Å². The highest BCUT2D eigenvalue weighted by Crippen LogP contribution is 2.24. The Balaban J connectivity index is 1.65. The van der Waals surface area contributed by atoms with Crippen LogP contribution in [-0.4, -0.2) is 16.5 Å². The number of nitrogens with one attached hydrogen (secondary N) is 1. The Kier molecular flexibility index (Phi) is 5.11. The van der Waals surface area contributed by atoms with Gasteiger partial charge in [-0.1, -0.05) is 31.0 Å². The minimum Gasteiger partial charge on any atom is -0.369 e. The maximum Gasteiger partial charge on any atom is 0.255 e. The highest BCUT2D eigenvalue weighted by Gasteiger charge is 2.28. The molecule has 0 spiro atoms. The highest BCUT2D eigenvalue weighted by atomic mass is 16.1. The molecule has 1 aliphatic carbocycles. The van der Waals surface area contributed by atoms with Crippen molar-refractivity contribution in [2.75, 3.05) is 0 Å². The van der Waals surface area contributed by atoms with Crippen LogP contribution in [0.25, 0.3) is 5.69 Å².